The van der Waals surface area contributed by atoms with Crippen molar-refractivity contribution >= 4 is 5.91 Å². The minimum atomic E-state index is 0.00905. The average Bonchev–Trinajstić information content (AvgIpc) is 2.94. The maximum absolute atomic E-state index is 12.4. The number of nitrogens with zero attached hydrogens (tertiary/aromatic N) is 1. The lowest BCUT2D eigenvalue weighted by Crippen LogP contribution is -2.38. The number of ether oxygens (including phenoxy) is 1. The summed E-state index contributed by atoms with van der Waals surface area (Å²) in [5, 5.41) is 3.46. The lowest BCUT2D eigenvalue weighted by atomic mass is 10.0. The molecule has 0 aliphatic carbocycles. The standard InChI is InChI=1S/C14H26N2O2/c1-4-12-15-13(10(2)3)14(17)16(12)7-5-11-6-8-18-9-11/h10-13,15H,4-9H2,1-3H3. The van der Waals surface area contributed by atoms with E-state index < -0.39 is 0 Å². The molecule has 0 aromatic carbocycles. The molecule has 104 valence electrons. The molecule has 3 atom stereocenters. The van der Waals surface area contributed by atoms with Gasteiger partial charge in [0.15, 0.2) is 0 Å². The van der Waals surface area contributed by atoms with Crippen molar-refractivity contribution in [2.45, 2.75) is 52.2 Å². The number of nitrogens with one attached hydrogen (secondary N) is 1. The Morgan fingerprint density at radius 3 is 2.83 bits per heavy atom. The second-order valence-electron chi connectivity index (χ2n) is 5.86. The van der Waals surface area contributed by atoms with Crippen molar-refractivity contribution < 1.29 is 9.53 Å². The summed E-state index contributed by atoms with van der Waals surface area (Å²) >= 11 is 0. The van der Waals surface area contributed by atoms with Gasteiger partial charge in [-0.05, 0) is 31.1 Å². The Balaban J connectivity index is 1.90. The quantitative estimate of drug-likeness (QED) is 0.810. The van der Waals surface area contributed by atoms with Crippen LogP contribution < -0.4 is 5.32 Å². The van der Waals surface area contributed by atoms with Crippen LogP contribution in [-0.4, -0.2) is 42.8 Å². The van der Waals surface area contributed by atoms with Crippen molar-refractivity contribution in [3.63, 3.8) is 0 Å². The predicted octanol–water partition coefficient (Wildman–Crippen LogP) is 1.61. The number of hydrogen-bond donors (Lipinski definition) is 1. The highest BCUT2D eigenvalue weighted by Crippen LogP contribution is 2.22. The van der Waals surface area contributed by atoms with Crippen LogP contribution in [0.1, 0.15) is 40.0 Å². The molecule has 1 amide bonds. The molecule has 0 spiro atoms. The maximum atomic E-state index is 12.4. The minimum Gasteiger partial charge on any atom is -0.381 e. The van der Waals surface area contributed by atoms with Crippen LogP contribution in [0, 0.1) is 11.8 Å². The largest absolute Gasteiger partial charge is 0.381 e. The summed E-state index contributed by atoms with van der Waals surface area (Å²) in [6, 6.07) is 0.00905. The zero-order valence-corrected chi connectivity index (χ0v) is 11.8. The van der Waals surface area contributed by atoms with E-state index in [2.05, 4.69) is 26.1 Å². The van der Waals surface area contributed by atoms with Crippen molar-refractivity contribution in [2.24, 2.45) is 11.8 Å². The van der Waals surface area contributed by atoms with Crippen LogP contribution in [0.3, 0.4) is 0 Å². The molecule has 4 heteroatoms. The molecule has 1 N–H and O–H groups in total. The third-order valence-electron chi connectivity index (χ3n) is 4.15. The van der Waals surface area contributed by atoms with Gasteiger partial charge >= 0.3 is 0 Å². The van der Waals surface area contributed by atoms with Gasteiger partial charge in [0.2, 0.25) is 5.91 Å². The first-order valence-electron chi connectivity index (χ1n) is 7.27. The second-order valence-corrected chi connectivity index (χ2v) is 5.86. The van der Waals surface area contributed by atoms with E-state index in [1.807, 2.05) is 4.90 Å². The maximum Gasteiger partial charge on any atom is 0.241 e. The van der Waals surface area contributed by atoms with Gasteiger partial charge in [0, 0.05) is 19.8 Å². The number of carbonyl (C=O) groups excluding carboxylic acids is 1. The second kappa shape index (κ2) is 6.02. The van der Waals surface area contributed by atoms with E-state index in [9.17, 15) is 4.79 Å². The molecule has 0 radical (unpaired) electrons. The fourth-order valence-electron chi connectivity index (χ4n) is 2.92. The molecule has 0 aromatic heterocycles. The van der Waals surface area contributed by atoms with Crippen LogP contribution in [-0.2, 0) is 9.53 Å². The summed E-state index contributed by atoms with van der Waals surface area (Å²) in [4.78, 5) is 14.4. The SMILES string of the molecule is CCC1NC(C(C)C)C(=O)N1CCC1CCOC1. The van der Waals surface area contributed by atoms with Gasteiger partial charge in [0.25, 0.3) is 0 Å². The summed E-state index contributed by atoms with van der Waals surface area (Å²) < 4.78 is 5.39. The normalized spacial score (nSPS) is 32.8. The molecule has 2 saturated heterocycles. The van der Waals surface area contributed by atoms with Gasteiger partial charge in [0.1, 0.15) is 0 Å². The molecule has 0 bridgehead atoms. The van der Waals surface area contributed by atoms with Crippen LogP contribution in [0.5, 0.6) is 0 Å². The summed E-state index contributed by atoms with van der Waals surface area (Å²) in [6.45, 7) is 9.00. The highest BCUT2D eigenvalue weighted by atomic mass is 16.5. The lowest BCUT2D eigenvalue weighted by molar-refractivity contribution is -0.130. The van der Waals surface area contributed by atoms with Crippen LogP contribution in [0.2, 0.25) is 0 Å². The number of carbonyl (C=O) groups is 1. The highest BCUT2D eigenvalue weighted by Gasteiger charge is 2.39. The van der Waals surface area contributed by atoms with Crippen molar-refractivity contribution in [3.05, 3.63) is 0 Å². The smallest absolute Gasteiger partial charge is 0.241 e. The molecule has 0 aromatic rings. The predicted molar refractivity (Wildman–Crippen MR) is 71.1 cm³/mol. The fraction of sp³-hybridized carbons (Fsp3) is 0.929. The zero-order chi connectivity index (χ0) is 13.1. The molecule has 18 heavy (non-hydrogen) atoms. The topological polar surface area (TPSA) is 41.6 Å². The van der Waals surface area contributed by atoms with E-state index in [1.54, 1.807) is 0 Å². The summed E-state index contributed by atoms with van der Waals surface area (Å²) in [5.74, 6) is 1.30. The molecular weight excluding hydrogens is 228 g/mol. The summed E-state index contributed by atoms with van der Waals surface area (Å²) in [7, 11) is 0. The first-order valence-corrected chi connectivity index (χ1v) is 7.27. The Labute approximate surface area is 110 Å². The highest BCUT2D eigenvalue weighted by molar-refractivity contribution is 5.84. The molecule has 2 heterocycles. The Morgan fingerprint density at radius 2 is 2.28 bits per heavy atom. The Hall–Kier alpha value is -0.610. The molecule has 4 nitrogen and oxygen atoms in total. The average molecular weight is 254 g/mol. The van der Waals surface area contributed by atoms with Crippen LogP contribution in [0.15, 0.2) is 0 Å². The molecule has 2 aliphatic heterocycles. The molecular formula is C14H26N2O2. The van der Waals surface area contributed by atoms with Gasteiger partial charge in [-0.1, -0.05) is 20.8 Å². The molecule has 0 saturated carbocycles. The third kappa shape index (κ3) is 2.86. The van der Waals surface area contributed by atoms with E-state index in [4.69, 9.17) is 4.74 Å². The summed E-state index contributed by atoms with van der Waals surface area (Å²) in [5.41, 5.74) is 0. The Kier molecular flexibility index (Phi) is 4.62. The van der Waals surface area contributed by atoms with Gasteiger partial charge in [-0.2, -0.15) is 0 Å². The lowest BCUT2D eigenvalue weighted by Gasteiger charge is -2.24. The van der Waals surface area contributed by atoms with Gasteiger partial charge in [-0.25, -0.2) is 0 Å². The first kappa shape index (κ1) is 13.8. The van der Waals surface area contributed by atoms with E-state index in [0.717, 1.165) is 39.0 Å². The Morgan fingerprint density at radius 1 is 1.50 bits per heavy atom. The van der Waals surface area contributed by atoms with Crippen molar-refractivity contribution in [1.82, 2.24) is 10.2 Å². The van der Waals surface area contributed by atoms with Gasteiger partial charge in [-0.3, -0.25) is 10.1 Å². The zero-order valence-electron chi connectivity index (χ0n) is 11.8. The molecule has 2 rings (SSSR count). The molecule has 2 fully saturated rings. The fourth-order valence-corrected chi connectivity index (χ4v) is 2.92. The monoisotopic (exact) mass is 254 g/mol. The van der Waals surface area contributed by atoms with Crippen molar-refractivity contribution in [1.29, 1.82) is 0 Å². The third-order valence-corrected chi connectivity index (χ3v) is 4.15. The first-order chi connectivity index (χ1) is 8.63. The van der Waals surface area contributed by atoms with Crippen molar-refractivity contribution in [3.8, 4) is 0 Å². The van der Waals surface area contributed by atoms with E-state index in [-0.39, 0.29) is 18.1 Å². The Bertz CT molecular complexity index is 288. The van der Waals surface area contributed by atoms with E-state index >= 15 is 0 Å². The van der Waals surface area contributed by atoms with Gasteiger partial charge < -0.3 is 9.64 Å². The number of hydrogen-bond acceptors (Lipinski definition) is 3. The van der Waals surface area contributed by atoms with Gasteiger partial charge in [-0.15, -0.1) is 0 Å². The summed E-state index contributed by atoms with van der Waals surface area (Å²) in [6.07, 6.45) is 3.44. The van der Waals surface area contributed by atoms with E-state index in [1.165, 1.54) is 0 Å². The number of rotatable bonds is 5. The van der Waals surface area contributed by atoms with E-state index in [0.29, 0.717) is 11.8 Å². The molecule has 3 unspecified atom stereocenters. The van der Waals surface area contributed by atoms with Crippen LogP contribution >= 0.6 is 0 Å². The molecule has 2 aliphatic rings. The number of amides is 1. The minimum absolute atomic E-state index is 0.00905. The van der Waals surface area contributed by atoms with Crippen LogP contribution in [0.25, 0.3) is 0 Å². The van der Waals surface area contributed by atoms with Crippen molar-refractivity contribution in [2.75, 3.05) is 19.8 Å². The van der Waals surface area contributed by atoms with Crippen LogP contribution in [0.4, 0.5) is 0 Å². The van der Waals surface area contributed by atoms with Gasteiger partial charge in [0.05, 0.1) is 12.2 Å².